The Hall–Kier alpha value is -1.02. The highest BCUT2D eigenvalue weighted by atomic mass is 16.3. The van der Waals surface area contributed by atoms with Crippen molar-refractivity contribution in [2.75, 3.05) is 6.54 Å². The number of phenolic OH excluding ortho intramolecular Hbond substituents is 1. The van der Waals surface area contributed by atoms with Gasteiger partial charge in [0.25, 0.3) is 0 Å². The van der Waals surface area contributed by atoms with E-state index in [1.54, 1.807) is 0 Å². The zero-order valence-electron chi connectivity index (χ0n) is 9.17. The van der Waals surface area contributed by atoms with E-state index < -0.39 is 0 Å². The Morgan fingerprint density at radius 2 is 2.00 bits per heavy atom. The monoisotopic (exact) mass is 193 g/mol. The Balaban J connectivity index is 2.83. The lowest BCUT2D eigenvalue weighted by atomic mass is 9.86. The minimum Gasteiger partial charge on any atom is -0.508 e. The fourth-order valence-corrected chi connectivity index (χ4v) is 1.39. The summed E-state index contributed by atoms with van der Waals surface area (Å²) in [6, 6.07) is 5.82. The van der Waals surface area contributed by atoms with Gasteiger partial charge in [0.2, 0.25) is 0 Å². The van der Waals surface area contributed by atoms with E-state index in [2.05, 4.69) is 13.8 Å². The van der Waals surface area contributed by atoms with Crippen molar-refractivity contribution in [1.29, 1.82) is 0 Å². The van der Waals surface area contributed by atoms with Crippen LogP contribution in [0.1, 0.15) is 25.0 Å². The van der Waals surface area contributed by atoms with Crippen LogP contribution in [-0.4, -0.2) is 11.7 Å². The lowest BCUT2D eigenvalue weighted by Gasteiger charge is -2.22. The van der Waals surface area contributed by atoms with Crippen LogP contribution in [0.25, 0.3) is 0 Å². The second-order valence-electron chi connectivity index (χ2n) is 4.67. The minimum absolute atomic E-state index is 0.0989. The van der Waals surface area contributed by atoms with Gasteiger partial charge in [0.15, 0.2) is 0 Å². The van der Waals surface area contributed by atoms with Gasteiger partial charge in [-0.25, -0.2) is 0 Å². The summed E-state index contributed by atoms with van der Waals surface area (Å²) in [6.45, 7) is 6.81. The van der Waals surface area contributed by atoms with Crippen molar-refractivity contribution in [2.45, 2.75) is 27.2 Å². The van der Waals surface area contributed by atoms with Crippen LogP contribution in [0.4, 0.5) is 0 Å². The van der Waals surface area contributed by atoms with Gasteiger partial charge in [-0.3, -0.25) is 0 Å². The van der Waals surface area contributed by atoms with Crippen molar-refractivity contribution in [2.24, 2.45) is 11.1 Å². The molecule has 0 saturated carbocycles. The number of aryl methyl sites for hydroxylation is 1. The Bertz CT molecular complexity index is 318. The maximum atomic E-state index is 9.54. The Morgan fingerprint density at radius 1 is 1.36 bits per heavy atom. The molecular weight excluding hydrogens is 174 g/mol. The summed E-state index contributed by atoms with van der Waals surface area (Å²) >= 11 is 0. The Morgan fingerprint density at radius 3 is 2.50 bits per heavy atom. The van der Waals surface area contributed by atoms with Gasteiger partial charge in [-0.05, 0) is 42.5 Å². The van der Waals surface area contributed by atoms with E-state index >= 15 is 0 Å². The molecule has 3 N–H and O–H groups in total. The molecule has 1 aromatic carbocycles. The predicted octanol–water partition coefficient (Wildman–Crippen LogP) is 2.23. The number of rotatable bonds is 3. The van der Waals surface area contributed by atoms with E-state index in [9.17, 15) is 5.11 Å². The molecule has 1 aromatic rings. The molecule has 2 heteroatoms. The lowest BCUT2D eigenvalue weighted by molar-refractivity contribution is 0.375. The summed E-state index contributed by atoms with van der Waals surface area (Å²) < 4.78 is 0. The van der Waals surface area contributed by atoms with Crippen molar-refractivity contribution in [3.05, 3.63) is 29.3 Å². The van der Waals surface area contributed by atoms with Crippen LogP contribution in [-0.2, 0) is 6.42 Å². The lowest BCUT2D eigenvalue weighted by Crippen LogP contribution is -2.25. The van der Waals surface area contributed by atoms with Gasteiger partial charge in [-0.2, -0.15) is 0 Å². The molecule has 0 aliphatic heterocycles. The molecule has 78 valence electrons. The van der Waals surface area contributed by atoms with E-state index in [4.69, 9.17) is 5.73 Å². The highest BCUT2D eigenvalue weighted by Crippen LogP contribution is 2.24. The summed E-state index contributed by atoms with van der Waals surface area (Å²) in [5, 5.41) is 9.54. The fraction of sp³-hybridized carbons (Fsp3) is 0.500. The summed E-state index contributed by atoms with van der Waals surface area (Å²) in [4.78, 5) is 0. The number of hydrogen-bond acceptors (Lipinski definition) is 2. The van der Waals surface area contributed by atoms with Crippen LogP contribution in [0.2, 0.25) is 0 Å². The van der Waals surface area contributed by atoms with Gasteiger partial charge in [0.1, 0.15) is 5.75 Å². The van der Waals surface area contributed by atoms with Gasteiger partial charge in [-0.1, -0.05) is 26.0 Å². The summed E-state index contributed by atoms with van der Waals surface area (Å²) in [6.07, 6.45) is 0.900. The third kappa shape index (κ3) is 2.74. The molecule has 1 rings (SSSR count). The first-order valence-electron chi connectivity index (χ1n) is 4.93. The second-order valence-corrected chi connectivity index (χ2v) is 4.67. The van der Waals surface area contributed by atoms with E-state index in [1.165, 1.54) is 0 Å². The molecule has 0 aliphatic carbocycles. The number of phenols is 1. The smallest absolute Gasteiger partial charge is 0.118 e. The molecule has 0 atom stereocenters. The van der Waals surface area contributed by atoms with E-state index in [0.29, 0.717) is 12.3 Å². The van der Waals surface area contributed by atoms with Crippen LogP contribution in [0, 0.1) is 12.3 Å². The van der Waals surface area contributed by atoms with Gasteiger partial charge in [0.05, 0.1) is 0 Å². The molecule has 0 spiro atoms. The quantitative estimate of drug-likeness (QED) is 0.773. The fourth-order valence-electron chi connectivity index (χ4n) is 1.39. The summed E-state index contributed by atoms with van der Waals surface area (Å²) in [5.74, 6) is 0.371. The maximum Gasteiger partial charge on any atom is 0.118 e. The maximum absolute atomic E-state index is 9.54. The van der Waals surface area contributed by atoms with E-state index in [-0.39, 0.29) is 5.41 Å². The predicted molar refractivity (Wildman–Crippen MR) is 59.4 cm³/mol. The van der Waals surface area contributed by atoms with Crippen molar-refractivity contribution in [3.63, 3.8) is 0 Å². The zero-order valence-corrected chi connectivity index (χ0v) is 9.17. The largest absolute Gasteiger partial charge is 0.508 e. The third-order valence-corrected chi connectivity index (χ3v) is 2.51. The molecule has 0 amide bonds. The molecule has 0 unspecified atom stereocenters. The van der Waals surface area contributed by atoms with Gasteiger partial charge in [-0.15, -0.1) is 0 Å². The van der Waals surface area contributed by atoms with Crippen molar-refractivity contribution in [1.82, 2.24) is 0 Å². The Kier molecular flexibility index (Phi) is 3.17. The zero-order chi connectivity index (χ0) is 10.8. The molecule has 0 heterocycles. The average Bonchev–Trinajstić information content (AvgIpc) is 2.11. The third-order valence-electron chi connectivity index (χ3n) is 2.51. The second kappa shape index (κ2) is 4.01. The van der Waals surface area contributed by atoms with Crippen LogP contribution < -0.4 is 5.73 Å². The van der Waals surface area contributed by atoms with Gasteiger partial charge >= 0.3 is 0 Å². The van der Waals surface area contributed by atoms with Crippen molar-refractivity contribution in [3.8, 4) is 5.75 Å². The first-order valence-corrected chi connectivity index (χ1v) is 4.93. The van der Waals surface area contributed by atoms with Crippen LogP contribution in [0.5, 0.6) is 5.75 Å². The summed E-state index contributed by atoms with van der Waals surface area (Å²) in [7, 11) is 0. The SMILES string of the molecule is Cc1ccc(CC(C)(C)CN)cc1O. The normalized spacial score (nSPS) is 11.7. The molecule has 0 radical (unpaired) electrons. The summed E-state index contributed by atoms with van der Waals surface area (Å²) in [5.41, 5.74) is 7.82. The first kappa shape index (κ1) is 11.1. The molecule has 0 fully saturated rings. The molecule has 14 heavy (non-hydrogen) atoms. The number of nitrogens with two attached hydrogens (primary N) is 1. The van der Waals surface area contributed by atoms with Crippen LogP contribution in [0.15, 0.2) is 18.2 Å². The standard InChI is InChI=1S/C12H19NO/c1-9-4-5-10(6-11(9)14)7-12(2,3)8-13/h4-6,14H,7-8,13H2,1-3H3. The highest BCUT2D eigenvalue weighted by Gasteiger charge is 2.16. The van der Waals surface area contributed by atoms with Crippen molar-refractivity contribution < 1.29 is 5.11 Å². The highest BCUT2D eigenvalue weighted by molar-refractivity contribution is 5.35. The molecular formula is C12H19NO. The molecule has 2 nitrogen and oxygen atoms in total. The molecule has 0 aliphatic rings. The average molecular weight is 193 g/mol. The van der Waals surface area contributed by atoms with Crippen molar-refractivity contribution >= 4 is 0 Å². The van der Waals surface area contributed by atoms with E-state index in [0.717, 1.165) is 17.5 Å². The topological polar surface area (TPSA) is 46.2 Å². The molecule has 0 bridgehead atoms. The van der Waals surface area contributed by atoms with Gasteiger partial charge < -0.3 is 10.8 Å². The number of benzene rings is 1. The number of hydrogen-bond donors (Lipinski definition) is 2. The molecule has 0 aromatic heterocycles. The van der Waals surface area contributed by atoms with E-state index in [1.807, 2.05) is 25.1 Å². The minimum atomic E-state index is 0.0989. The van der Waals surface area contributed by atoms with Crippen LogP contribution in [0.3, 0.4) is 0 Å². The van der Waals surface area contributed by atoms with Crippen LogP contribution >= 0.6 is 0 Å². The van der Waals surface area contributed by atoms with Gasteiger partial charge in [0, 0.05) is 0 Å². The molecule has 0 saturated heterocycles. The first-order chi connectivity index (χ1) is 6.44. The Labute approximate surface area is 85.8 Å². The number of aromatic hydroxyl groups is 1.